The molecule has 5 heteroatoms. The van der Waals surface area contributed by atoms with Crippen LogP contribution >= 0.6 is 15.9 Å². The van der Waals surface area contributed by atoms with Crippen LogP contribution < -0.4 is 10.1 Å². The van der Waals surface area contributed by atoms with Crippen LogP contribution in [0.4, 0.5) is 4.39 Å². The Hall–Kier alpha value is -1.46. The number of pyridine rings is 1. The number of nitrogens with one attached hydrogen (secondary N) is 1. The number of hydrogen-bond acceptors (Lipinski definition) is 3. The van der Waals surface area contributed by atoms with Gasteiger partial charge in [-0.25, -0.2) is 9.37 Å². The van der Waals surface area contributed by atoms with Crippen molar-refractivity contribution in [2.75, 3.05) is 6.54 Å². The molecule has 0 fully saturated rings. The molecule has 19 heavy (non-hydrogen) atoms. The van der Waals surface area contributed by atoms with E-state index in [2.05, 4.69) is 26.2 Å². The third kappa shape index (κ3) is 3.75. The van der Waals surface area contributed by atoms with Gasteiger partial charge in [-0.3, -0.25) is 0 Å². The lowest BCUT2D eigenvalue weighted by molar-refractivity contribution is 0.446. The normalized spacial score (nSPS) is 10.5. The zero-order valence-electron chi connectivity index (χ0n) is 10.5. The molecule has 0 amide bonds. The van der Waals surface area contributed by atoms with E-state index in [4.69, 9.17) is 4.74 Å². The minimum absolute atomic E-state index is 0.368. The maximum Gasteiger partial charge on any atom is 0.223 e. The number of benzene rings is 1. The smallest absolute Gasteiger partial charge is 0.223 e. The summed E-state index contributed by atoms with van der Waals surface area (Å²) in [5.41, 5.74) is 0.692. The zero-order valence-corrected chi connectivity index (χ0v) is 12.1. The number of aromatic nitrogens is 1. The topological polar surface area (TPSA) is 34.2 Å². The van der Waals surface area contributed by atoms with Gasteiger partial charge in [0.15, 0.2) is 0 Å². The summed E-state index contributed by atoms with van der Waals surface area (Å²) in [4.78, 5) is 4.01. The SMILES string of the molecule is CCNCc1cc(F)cnc1Oc1ccccc1Br. The van der Waals surface area contributed by atoms with Crippen molar-refractivity contribution in [2.24, 2.45) is 0 Å². The van der Waals surface area contributed by atoms with Gasteiger partial charge in [0.1, 0.15) is 11.6 Å². The van der Waals surface area contributed by atoms with E-state index in [1.165, 1.54) is 6.07 Å². The summed E-state index contributed by atoms with van der Waals surface area (Å²) in [6.45, 7) is 3.30. The number of para-hydroxylation sites is 1. The second-order valence-corrected chi connectivity index (χ2v) is 4.78. The molecule has 0 aliphatic rings. The molecule has 0 spiro atoms. The van der Waals surface area contributed by atoms with Gasteiger partial charge in [-0.15, -0.1) is 0 Å². The Bertz CT molecular complexity index is 563. The van der Waals surface area contributed by atoms with Crippen LogP contribution in [0, 0.1) is 5.82 Å². The van der Waals surface area contributed by atoms with Crippen molar-refractivity contribution in [3.8, 4) is 11.6 Å². The van der Waals surface area contributed by atoms with Crippen LogP contribution in [-0.2, 0) is 6.54 Å². The monoisotopic (exact) mass is 324 g/mol. The van der Waals surface area contributed by atoms with Gasteiger partial charge in [0.2, 0.25) is 5.88 Å². The van der Waals surface area contributed by atoms with Gasteiger partial charge in [0, 0.05) is 12.1 Å². The van der Waals surface area contributed by atoms with E-state index in [0.29, 0.717) is 23.7 Å². The molecule has 1 aromatic carbocycles. The molecule has 100 valence electrons. The van der Waals surface area contributed by atoms with E-state index in [1.54, 1.807) is 0 Å². The van der Waals surface area contributed by atoms with Crippen LogP contribution in [0.1, 0.15) is 12.5 Å². The highest BCUT2D eigenvalue weighted by Crippen LogP contribution is 2.30. The molecule has 0 aliphatic carbocycles. The molecule has 1 heterocycles. The third-order valence-electron chi connectivity index (χ3n) is 2.50. The molecule has 0 bridgehead atoms. The summed E-state index contributed by atoms with van der Waals surface area (Å²) >= 11 is 3.40. The van der Waals surface area contributed by atoms with Crippen LogP contribution in [0.15, 0.2) is 41.0 Å². The summed E-state index contributed by atoms with van der Waals surface area (Å²) in [6, 6.07) is 8.90. The number of halogens is 2. The molecule has 1 N–H and O–H groups in total. The van der Waals surface area contributed by atoms with Crippen molar-refractivity contribution < 1.29 is 9.13 Å². The van der Waals surface area contributed by atoms with Crippen molar-refractivity contribution in [1.82, 2.24) is 10.3 Å². The van der Waals surface area contributed by atoms with Gasteiger partial charge < -0.3 is 10.1 Å². The highest BCUT2D eigenvalue weighted by atomic mass is 79.9. The summed E-state index contributed by atoms with van der Waals surface area (Å²) in [6.07, 6.45) is 1.15. The Morgan fingerprint density at radius 1 is 1.37 bits per heavy atom. The van der Waals surface area contributed by atoms with E-state index < -0.39 is 0 Å². The highest BCUT2D eigenvalue weighted by molar-refractivity contribution is 9.10. The van der Waals surface area contributed by atoms with Crippen LogP contribution in [0.2, 0.25) is 0 Å². The fraction of sp³-hybridized carbons (Fsp3) is 0.214. The molecule has 3 nitrogen and oxygen atoms in total. The van der Waals surface area contributed by atoms with Gasteiger partial charge in [-0.05, 0) is 40.7 Å². The van der Waals surface area contributed by atoms with E-state index in [9.17, 15) is 4.39 Å². The summed E-state index contributed by atoms with van der Waals surface area (Å²) < 4.78 is 19.8. The van der Waals surface area contributed by atoms with Crippen LogP contribution in [-0.4, -0.2) is 11.5 Å². The van der Waals surface area contributed by atoms with Crippen LogP contribution in [0.25, 0.3) is 0 Å². The number of hydrogen-bond donors (Lipinski definition) is 1. The molecule has 0 unspecified atom stereocenters. The van der Waals surface area contributed by atoms with Crippen LogP contribution in [0.3, 0.4) is 0 Å². The van der Waals surface area contributed by atoms with Crippen molar-refractivity contribution in [1.29, 1.82) is 0 Å². The first-order chi connectivity index (χ1) is 9.20. The first-order valence-electron chi connectivity index (χ1n) is 5.98. The minimum Gasteiger partial charge on any atom is -0.438 e. The van der Waals surface area contributed by atoms with Gasteiger partial charge in [0.25, 0.3) is 0 Å². The number of nitrogens with zero attached hydrogens (tertiary/aromatic N) is 1. The number of rotatable bonds is 5. The average molecular weight is 325 g/mol. The van der Waals surface area contributed by atoms with Crippen molar-refractivity contribution >= 4 is 15.9 Å². The van der Waals surface area contributed by atoms with Crippen molar-refractivity contribution in [2.45, 2.75) is 13.5 Å². The third-order valence-corrected chi connectivity index (χ3v) is 3.16. The molecule has 0 radical (unpaired) electrons. The molecule has 0 aliphatic heterocycles. The first-order valence-corrected chi connectivity index (χ1v) is 6.77. The quantitative estimate of drug-likeness (QED) is 0.906. The van der Waals surface area contributed by atoms with Gasteiger partial charge in [-0.2, -0.15) is 0 Å². The fourth-order valence-corrected chi connectivity index (χ4v) is 1.94. The molecular weight excluding hydrogens is 311 g/mol. The van der Waals surface area contributed by atoms with Gasteiger partial charge in [0.05, 0.1) is 10.7 Å². The minimum atomic E-state index is -0.368. The molecule has 2 aromatic rings. The van der Waals surface area contributed by atoms with E-state index >= 15 is 0 Å². The predicted molar refractivity (Wildman–Crippen MR) is 75.8 cm³/mol. The second kappa shape index (κ2) is 6.63. The maximum absolute atomic E-state index is 13.2. The Morgan fingerprint density at radius 3 is 2.89 bits per heavy atom. The lowest BCUT2D eigenvalue weighted by atomic mass is 10.2. The summed E-state index contributed by atoms with van der Waals surface area (Å²) in [5.74, 6) is 0.695. The largest absolute Gasteiger partial charge is 0.438 e. The molecule has 2 rings (SSSR count). The molecule has 0 saturated carbocycles. The predicted octanol–water partition coefficient (Wildman–Crippen LogP) is 3.89. The Labute approximate surface area is 119 Å². The Balaban J connectivity index is 2.26. The van der Waals surface area contributed by atoms with E-state index in [0.717, 1.165) is 17.2 Å². The lowest BCUT2D eigenvalue weighted by Gasteiger charge is -2.11. The van der Waals surface area contributed by atoms with Crippen LogP contribution in [0.5, 0.6) is 11.6 Å². The summed E-state index contributed by atoms with van der Waals surface area (Å²) in [5, 5.41) is 3.13. The van der Waals surface area contributed by atoms with Gasteiger partial charge >= 0.3 is 0 Å². The lowest BCUT2D eigenvalue weighted by Crippen LogP contribution is -2.13. The Morgan fingerprint density at radius 2 is 2.16 bits per heavy atom. The van der Waals surface area contributed by atoms with E-state index in [1.807, 2.05) is 31.2 Å². The molecule has 1 aromatic heterocycles. The molecular formula is C14H14BrFN2O. The highest BCUT2D eigenvalue weighted by Gasteiger charge is 2.09. The number of ether oxygens (including phenoxy) is 1. The first kappa shape index (κ1) is 14.0. The fourth-order valence-electron chi connectivity index (χ4n) is 1.58. The molecule has 0 saturated heterocycles. The average Bonchev–Trinajstić information content (AvgIpc) is 2.41. The second-order valence-electron chi connectivity index (χ2n) is 3.93. The van der Waals surface area contributed by atoms with E-state index in [-0.39, 0.29) is 5.82 Å². The van der Waals surface area contributed by atoms with Gasteiger partial charge in [-0.1, -0.05) is 19.1 Å². The standard InChI is InChI=1S/C14H14BrFN2O/c1-2-17-8-10-7-11(16)9-18-14(10)19-13-6-4-3-5-12(13)15/h3-7,9,17H,2,8H2,1H3. The van der Waals surface area contributed by atoms with Crippen molar-refractivity contribution in [3.63, 3.8) is 0 Å². The zero-order chi connectivity index (χ0) is 13.7. The summed E-state index contributed by atoms with van der Waals surface area (Å²) in [7, 11) is 0. The maximum atomic E-state index is 13.2. The molecule has 0 atom stereocenters. The van der Waals surface area contributed by atoms with Crippen molar-refractivity contribution in [3.05, 3.63) is 52.4 Å². The Kier molecular flexibility index (Phi) is 4.87.